The fraction of sp³-hybridized carbons (Fsp3) is 0.312. The number of aliphatic imine (C=N–C) groups is 2. The lowest BCUT2D eigenvalue weighted by Gasteiger charge is -2.14. The Morgan fingerprint density at radius 2 is 2.00 bits per heavy atom. The minimum absolute atomic E-state index is 0.0426. The number of H-pyrrole nitrogens is 1. The number of aromatic amines is 1. The van der Waals surface area contributed by atoms with Crippen molar-refractivity contribution in [3.05, 3.63) is 36.3 Å². The Balaban J connectivity index is 1.53. The van der Waals surface area contributed by atoms with Gasteiger partial charge < -0.3 is 0 Å². The van der Waals surface area contributed by atoms with Gasteiger partial charge >= 0.3 is 0 Å². The maximum atomic E-state index is 4.61. The van der Waals surface area contributed by atoms with Gasteiger partial charge in [0, 0.05) is 23.7 Å². The highest BCUT2D eigenvalue weighted by atomic mass is 15.4. The summed E-state index contributed by atoms with van der Waals surface area (Å²) in [7, 11) is 0. The number of nitrogens with zero attached hydrogens (tertiary/aromatic N) is 6. The second-order valence-corrected chi connectivity index (χ2v) is 6.06. The van der Waals surface area contributed by atoms with E-state index in [1.165, 1.54) is 12.8 Å². The molecule has 1 N–H and O–H groups in total. The quantitative estimate of drug-likeness (QED) is 0.804. The summed E-state index contributed by atoms with van der Waals surface area (Å²) >= 11 is 0. The summed E-state index contributed by atoms with van der Waals surface area (Å²) < 4.78 is 1.74. The van der Waals surface area contributed by atoms with Crippen molar-refractivity contribution in [3.8, 4) is 5.69 Å². The van der Waals surface area contributed by atoms with Crippen LogP contribution in [0.4, 0.5) is 0 Å². The van der Waals surface area contributed by atoms with E-state index in [0.717, 1.165) is 22.3 Å². The zero-order chi connectivity index (χ0) is 15.2. The number of aromatic nitrogens is 5. The summed E-state index contributed by atoms with van der Waals surface area (Å²) in [6.07, 6.45) is 10.1. The maximum absolute atomic E-state index is 4.61. The maximum Gasteiger partial charge on any atom is 0.141 e. The van der Waals surface area contributed by atoms with Gasteiger partial charge in [0.2, 0.25) is 0 Å². The Morgan fingerprint density at radius 3 is 2.74 bits per heavy atom. The van der Waals surface area contributed by atoms with Gasteiger partial charge in [-0.2, -0.15) is 5.10 Å². The highest BCUT2D eigenvalue weighted by Crippen LogP contribution is 2.36. The van der Waals surface area contributed by atoms with Crippen LogP contribution in [0.1, 0.15) is 24.5 Å². The molecule has 7 nitrogen and oxygen atoms in total. The molecule has 2 aliphatic rings. The van der Waals surface area contributed by atoms with Gasteiger partial charge in [-0.05, 0) is 31.0 Å². The smallest absolute Gasteiger partial charge is 0.141 e. The molecule has 0 spiro atoms. The summed E-state index contributed by atoms with van der Waals surface area (Å²) in [6.45, 7) is 0. The van der Waals surface area contributed by atoms with Crippen LogP contribution in [0.5, 0.6) is 0 Å². The van der Waals surface area contributed by atoms with Gasteiger partial charge in [-0.1, -0.05) is 5.21 Å². The predicted octanol–water partition coefficient (Wildman–Crippen LogP) is 2.12. The molecule has 23 heavy (non-hydrogen) atoms. The molecule has 3 heterocycles. The molecule has 1 aliphatic carbocycles. The molecule has 0 unspecified atom stereocenters. The largest absolute Gasteiger partial charge is 0.280 e. The second kappa shape index (κ2) is 4.84. The third kappa shape index (κ3) is 2.16. The zero-order valence-corrected chi connectivity index (χ0v) is 12.4. The van der Waals surface area contributed by atoms with Crippen molar-refractivity contribution in [1.29, 1.82) is 0 Å². The Morgan fingerprint density at radius 1 is 1.13 bits per heavy atom. The monoisotopic (exact) mass is 305 g/mol. The molecule has 114 valence electrons. The first-order chi connectivity index (χ1) is 11.4. The number of nitrogens with one attached hydrogen (secondary N) is 1. The van der Waals surface area contributed by atoms with E-state index < -0.39 is 0 Å². The molecule has 0 atom stereocenters. The first kappa shape index (κ1) is 12.7. The molecule has 2 aromatic heterocycles. The topological polar surface area (TPSA) is 84.1 Å². The molecule has 7 heteroatoms. The van der Waals surface area contributed by atoms with Gasteiger partial charge in [0.15, 0.2) is 0 Å². The minimum atomic E-state index is 0.0426. The van der Waals surface area contributed by atoms with Gasteiger partial charge in [0.1, 0.15) is 6.17 Å². The lowest BCUT2D eigenvalue weighted by atomic mass is 10.0. The molecule has 0 bridgehead atoms. The number of fused-ring (bicyclic) bond motifs is 1. The molecule has 1 aromatic carbocycles. The molecule has 1 aliphatic heterocycles. The Labute approximate surface area is 132 Å². The van der Waals surface area contributed by atoms with Crippen molar-refractivity contribution >= 4 is 23.3 Å². The average Bonchev–Trinajstić information content (AvgIpc) is 3.14. The number of hydrogen-bond acceptors (Lipinski definition) is 5. The van der Waals surface area contributed by atoms with Gasteiger partial charge in [-0.15, -0.1) is 5.10 Å². The molecular weight excluding hydrogens is 290 g/mol. The van der Waals surface area contributed by atoms with Crippen molar-refractivity contribution in [2.45, 2.75) is 24.9 Å². The molecule has 1 fully saturated rings. The minimum Gasteiger partial charge on any atom is -0.280 e. The first-order valence-electron chi connectivity index (χ1n) is 7.80. The third-order valence-corrected chi connectivity index (χ3v) is 4.43. The summed E-state index contributed by atoms with van der Waals surface area (Å²) in [5, 5.41) is 16.5. The van der Waals surface area contributed by atoms with Crippen molar-refractivity contribution < 1.29 is 0 Å². The van der Waals surface area contributed by atoms with E-state index in [9.17, 15) is 0 Å². The highest BCUT2D eigenvalue weighted by molar-refractivity contribution is 5.97. The zero-order valence-electron chi connectivity index (χ0n) is 12.4. The lowest BCUT2D eigenvalue weighted by Crippen LogP contribution is -2.15. The van der Waals surface area contributed by atoms with E-state index in [2.05, 4.69) is 36.6 Å². The van der Waals surface area contributed by atoms with Gasteiger partial charge in [0.25, 0.3) is 0 Å². The lowest BCUT2D eigenvalue weighted by molar-refractivity contribution is 0.621. The highest BCUT2D eigenvalue weighted by Gasteiger charge is 2.32. The van der Waals surface area contributed by atoms with E-state index in [4.69, 9.17) is 0 Å². The fourth-order valence-corrected chi connectivity index (χ4v) is 2.99. The van der Waals surface area contributed by atoms with Crippen molar-refractivity contribution in [1.82, 2.24) is 25.2 Å². The molecule has 3 aromatic rings. The number of hydrogen-bond donors (Lipinski definition) is 1. The molecule has 5 rings (SSSR count). The van der Waals surface area contributed by atoms with E-state index in [1.807, 2.05) is 30.8 Å². The fourth-order valence-electron chi connectivity index (χ4n) is 2.99. The second-order valence-electron chi connectivity index (χ2n) is 6.06. The molecule has 0 amide bonds. The molecule has 0 radical (unpaired) electrons. The Hall–Kier alpha value is -2.83. The number of rotatable bonds is 3. The van der Waals surface area contributed by atoms with Crippen molar-refractivity contribution in [3.63, 3.8) is 0 Å². The summed E-state index contributed by atoms with van der Waals surface area (Å²) in [4.78, 5) is 9.22. The Bertz CT molecular complexity index is 888. The summed E-state index contributed by atoms with van der Waals surface area (Å²) in [5.41, 5.74) is 2.90. The van der Waals surface area contributed by atoms with Crippen LogP contribution in [0.15, 0.2) is 40.6 Å². The Kier molecular flexibility index (Phi) is 2.67. The molecule has 0 saturated heterocycles. The van der Waals surface area contributed by atoms with E-state index in [0.29, 0.717) is 5.92 Å². The van der Waals surface area contributed by atoms with Crippen LogP contribution in [0, 0.1) is 5.92 Å². The van der Waals surface area contributed by atoms with Crippen molar-refractivity contribution in [2.24, 2.45) is 15.9 Å². The van der Waals surface area contributed by atoms with Gasteiger partial charge in [0.05, 0.1) is 35.2 Å². The van der Waals surface area contributed by atoms with Crippen LogP contribution in [0.25, 0.3) is 16.6 Å². The van der Waals surface area contributed by atoms with Crippen molar-refractivity contribution in [2.75, 3.05) is 0 Å². The standard InChI is InChI=1S/C16H15N7/c1-2-10(1)16-17-8-11(9-18-16)15-13-7-12(23-6-5-19-22-23)3-4-14(13)20-21-15/h3-11,16H,1-2H2,(H,20,21). The van der Waals surface area contributed by atoms with Crippen LogP contribution < -0.4 is 0 Å². The summed E-state index contributed by atoms with van der Waals surface area (Å²) in [6, 6.07) is 6.03. The third-order valence-electron chi connectivity index (χ3n) is 4.43. The van der Waals surface area contributed by atoms with Crippen LogP contribution in [0.2, 0.25) is 0 Å². The predicted molar refractivity (Wildman–Crippen MR) is 87.2 cm³/mol. The van der Waals surface area contributed by atoms with Gasteiger partial charge in [-0.3, -0.25) is 15.1 Å². The molecule has 1 saturated carbocycles. The SMILES string of the molecule is C1=NC(C2CC2)N=CC1c1[nH]nc2ccc(-n3ccnn3)cc12. The van der Waals surface area contributed by atoms with Crippen LogP contribution in [-0.4, -0.2) is 43.8 Å². The van der Waals surface area contributed by atoms with E-state index in [1.54, 1.807) is 10.9 Å². The summed E-state index contributed by atoms with van der Waals surface area (Å²) in [5.74, 6) is 0.696. The number of benzene rings is 1. The van der Waals surface area contributed by atoms with E-state index >= 15 is 0 Å². The van der Waals surface area contributed by atoms with Crippen LogP contribution in [-0.2, 0) is 0 Å². The molecular formula is C16H15N7. The average molecular weight is 305 g/mol. The normalized spacial score (nSPS) is 23.7. The van der Waals surface area contributed by atoms with E-state index in [-0.39, 0.29) is 12.1 Å². The van der Waals surface area contributed by atoms with Crippen LogP contribution in [0.3, 0.4) is 0 Å². The van der Waals surface area contributed by atoms with Gasteiger partial charge in [-0.25, -0.2) is 4.68 Å². The van der Waals surface area contributed by atoms with Crippen LogP contribution >= 0.6 is 0 Å². The first-order valence-corrected chi connectivity index (χ1v) is 7.80.